The number of hydrogen-bond donors (Lipinski definition) is 0. The highest BCUT2D eigenvalue weighted by Crippen LogP contribution is 2.33. The Morgan fingerprint density at radius 3 is 2.72 bits per heavy atom. The van der Waals surface area contributed by atoms with Gasteiger partial charge < -0.3 is 0 Å². The summed E-state index contributed by atoms with van der Waals surface area (Å²) in [5.41, 5.74) is 5.87. The summed E-state index contributed by atoms with van der Waals surface area (Å²) in [6.07, 6.45) is 7.65. The van der Waals surface area contributed by atoms with Crippen LogP contribution in [-0.2, 0) is 12.8 Å². The summed E-state index contributed by atoms with van der Waals surface area (Å²) < 4.78 is 1.30. The van der Waals surface area contributed by atoms with Gasteiger partial charge in [0.1, 0.15) is 0 Å². The van der Waals surface area contributed by atoms with Crippen molar-refractivity contribution in [2.24, 2.45) is 0 Å². The van der Waals surface area contributed by atoms with E-state index in [1.54, 1.807) is 18.5 Å². The molecule has 3 aromatic rings. The quantitative estimate of drug-likeness (QED) is 0.724. The maximum absolute atomic E-state index is 12.8. The van der Waals surface area contributed by atoms with Crippen LogP contribution in [0.15, 0.2) is 47.7 Å². The standard InChI is InChI=1S/C20H20N4O/c1-13-5-3-6-17(14(13)2)15-7-8-18-16(11-15)12-23-24(19(18)25)20-21-9-4-10-22-20/h3-6,9-10,12,15H,7-8,11H2,1-2H3. The molecule has 126 valence electrons. The largest absolute Gasteiger partial charge is 0.277 e. The van der Waals surface area contributed by atoms with Crippen LogP contribution in [0.5, 0.6) is 0 Å². The predicted octanol–water partition coefficient (Wildman–Crippen LogP) is 2.91. The minimum Gasteiger partial charge on any atom is -0.267 e. The monoisotopic (exact) mass is 332 g/mol. The third-order valence-corrected chi connectivity index (χ3v) is 5.20. The Morgan fingerprint density at radius 1 is 1.12 bits per heavy atom. The van der Waals surface area contributed by atoms with Gasteiger partial charge in [0.05, 0.1) is 6.20 Å². The van der Waals surface area contributed by atoms with Crippen LogP contribution in [0.4, 0.5) is 0 Å². The van der Waals surface area contributed by atoms with Crippen molar-refractivity contribution < 1.29 is 0 Å². The van der Waals surface area contributed by atoms with Crippen LogP contribution in [0.2, 0.25) is 0 Å². The predicted molar refractivity (Wildman–Crippen MR) is 96.1 cm³/mol. The van der Waals surface area contributed by atoms with Crippen LogP contribution < -0.4 is 5.56 Å². The van der Waals surface area contributed by atoms with Crippen LogP contribution in [-0.4, -0.2) is 19.7 Å². The van der Waals surface area contributed by atoms with Crippen molar-refractivity contribution in [3.05, 3.63) is 81.0 Å². The lowest BCUT2D eigenvalue weighted by atomic mass is 9.79. The molecule has 0 spiro atoms. The van der Waals surface area contributed by atoms with Crippen molar-refractivity contribution in [1.29, 1.82) is 0 Å². The molecule has 0 fully saturated rings. The fraction of sp³-hybridized carbons (Fsp3) is 0.300. The van der Waals surface area contributed by atoms with Gasteiger partial charge in [-0.3, -0.25) is 4.79 Å². The van der Waals surface area contributed by atoms with Gasteiger partial charge in [0.25, 0.3) is 11.5 Å². The molecular formula is C20H20N4O. The van der Waals surface area contributed by atoms with Gasteiger partial charge in [0.15, 0.2) is 0 Å². The molecule has 1 aliphatic carbocycles. The number of aryl methyl sites for hydroxylation is 1. The highest BCUT2D eigenvalue weighted by Gasteiger charge is 2.25. The zero-order chi connectivity index (χ0) is 17.4. The van der Waals surface area contributed by atoms with Crippen molar-refractivity contribution in [2.45, 2.75) is 39.0 Å². The SMILES string of the molecule is Cc1cccc(C2CCc3c(cnn(-c4ncccn4)c3=O)C2)c1C. The first-order valence-corrected chi connectivity index (χ1v) is 8.58. The fourth-order valence-electron chi connectivity index (χ4n) is 3.68. The van der Waals surface area contributed by atoms with Crippen molar-refractivity contribution in [2.75, 3.05) is 0 Å². The molecule has 1 aliphatic rings. The van der Waals surface area contributed by atoms with Gasteiger partial charge in [-0.25, -0.2) is 9.97 Å². The normalized spacial score (nSPS) is 16.5. The van der Waals surface area contributed by atoms with Crippen molar-refractivity contribution in [1.82, 2.24) is 19.7 Å². The molecule has 0 aliphatic heterocycles. The first-order chi connectivity index (χ1) is 12.1. The Balaban J connectivity index is 1.70. The molecule has 2 heterocycles. The van der Waals surface area contributed by atoms with Crippen LogP contribution in [0.3, 0.4) is 0 Å². The van der Waals surface area contributed by atoms with E-state index in [0.717, 1.165) is 30.4 Å². The first-order valence-electron chi connectivity index (χ1n) is 8.58. The number of benzene rings is 1. The lowest BCUT2D eigenvalue weighted by Gasteiger charge is -2.26. The molecule has 25 heavy (non-hydrogen) atoms. The Kier molecular flexibility index (Phi) is 3.92. The summed E-state index contributed by atoms with van der Waals surface area (Å²) in [6, 6.07) is 8.21. The summed E-state index contributed by atoms with van der Waals surface area (Å²) in [4.78, 5) is 21.1. The van der Waals surface area contributed by atoms with E-state index in [1.165, 1.54) is 21.4 Å². The molecule has 0 amide bonds. The smallest absolute Gasteiger partial charge is 0.267 e. The Labute approximate surface area is 146 Å². The van der Waals surface area contributed by atoms with Gasteiger partial charge in [0.2, 0.25) is 0 Å². The molecule has 0 radical (unpaired) electrons. The summed E-state index contributed by atoms with van der Waals surface area (Å²) >= 11 is 0. The minimum atomic E-state index is -0.0943. The van der Waals surface area contributed by atoms with Crippen LogP contribution in [0, 0.1) is 13.8 Å². The van der Waals surface area contributed by atoms with Crippen molar-refractivity contribution in [3.8, 4) is 5.95 Å². The Morgan fingerprint density at radius 2 is 1.92 bits per heavy atom. The van der Waals surface area contributed by atoms with E-state index in [1.807, 2.05) is 6.20 Å². The molecule has 2 aromatic heterocycles. The second-order valence-electron chi connectivity index (χ2n) is 6.64. The van der Waals surface area contributed by atoms with Gasteiger partial charge in [-0.2, -0.15) is 9.78 Å². The number of nitrogens with zero attached hydrogens (tertiary/aromatic N) is 4. The fourth-order valence-corrected chi connectivity index (χ4v) is 3.68. The zero-order valence-electron chi connectivity index (χ0n) is 14.4. The third-order valence-electron chi connectivity index (χ3n) is 5.20. The second-order valence-corrected chi connectivity index (χ2v) is 6.64. The van der Waals surface area contributed by atoms with Gasteiger partial charge in [-0.05, 0) is 67.3 Å². The summed E-state index contributed by atoms with van der Waals surface area (Å²) in [5.74, 6) is 0.768. The number of fused-ring (bicyclic) bond motifs is 1. The van der Waals surface area contributed by atoms with E-state index < -0.39 is 0 Å². The summed E-state index contributed by atoms with van der Waals surface area (Å²) in [7, 11) is 0. The maximum atomic E-state index is 12.8. The van der Waals surface area contributed by atoms with E-state index in [-0.39, 0.29) is 5.56 Å². The molecular weight excluding hydrogens is 312 g/mol. The topological polar surface area (TPSA) is 60.7 Å². The van der Waals surface area contributed by atoms with Gasteiger partial charge in [-0.1, -0.05) is 18.2 Å². The minimum absolute atomic E-state index is 0.0943. The number of aromatic nitrogens is 4. The highest BCUT2D eigenvalue weighted by molar-refractivity contribution is 5.39. The highest BCUT2D eigenvalue weighted by atomic mass is 16.1. The van der Waals surface area contributed by atoms with Crippen LogP contribution in [0.1, 0.15) is 40.2 Å². The molecule has 0 N–H and O–H groups in total. The van der Waals surface area contributed by atoms with Gasteiger partial charge in [0, 0.05) is 18.0 Å². The molecule has 5 heteroatoms. The molecule has 0 saturated carbocycles. The molecule has 4 rings (SSSR count). The second kappa shape index (κ2) is 6.24. The Bertz CT molecular complexity index is 979. The zero-order valence-corrected chi connectivity index (χ0v) is 14.4. The van der Waals surface area contributed by atoms with E-state index >= 15 is 0 Å². The summed E-state index contributed by atoms with van der Waals surface area (Å²) in [5, 5.41) is 4.31. The average Bonchev–Trinajstić information content (AvgIpc) is 2.65. The van der Waals surface area contributed by atoms with Crippen molar-refractivity contribution >= 4 is 0 Å². The van der Waals surface area contributed by atoms with Crippen molar-refractivity contribution in [3.63, 3.8) is 0 Å². The lowest BCUT2D eigenvalue weighted by Crippen LogP contribution is -2.30. The Hall–Kier alpha value is -2.82. The maximum Gasteiger partial charge on any atom is 0.277 e. The van der Waals surface area contributed by atoms with E-state index in [9.17, 15) is 4.79 Å². The first kappa shape index (κ1) is 15.7. The van der Waals surface area contributed by atoms with E-state index in [0.29, 0.717) is 11.9 Å². The van der Waals surface area contributed by atoms with Gasteiger partial charge >= 0.3 is 0 Å². The average molecular weight is 332 g/mol. The van der Waals surface area contributed by atoms with Crippen LogP contribution >= 0.6 is 0 Å². The number of hydrogen-bond acceptors (Lipinski definition) is 4. The third kappa shape index (κ3) is 2.76. The molecule has 0 saturated heterocycles. The molecule has 1 aromatic carbocycles. The van der Waals surface area contributed by atoms with Crippen LogP contribution in [0.25, 0.3) is 5.95 Å². The van der Waals surface area contributed by atoms with E-state index in [2.05, 4.69) is 47.1 Å². The number of rotatable bonds is 2. The molecule has 5 nitrogen and oxygen atoms in total. The molecule has 0 bridgehead atoms. The summed E-state index contributed by atoms with van der Waals surface area (Å²) in [6.45, 7) is 4.33. The lowest BCUT2D eigenvalue weighted by molar-refractivity contribution is 0.563. The van der Waals surface area contributed by atoms with Gasteiger partial charge in [-0.15, -0.1) is 0 Å². The molecule has 1 unspecified atom stereocenters. The van der Waals surface area contributed by atoms with E-state index in [4.69, 9.17) is 0 Å². The molecule has 1 atom stereocenters.